The first-order valence-corrected chi connectivity index (χ1v) is 7.51. The minimum absolute atomic E-state index is 0.685. The number of hydrogen-bond donors (Lipinski definition) is 0. The molecule has 0 N–H and O–H groups in total. The fraction of sp³-hybridized carbons (Fsp3) is 0.444. The third-order valence-corrected chi connectivity index (χ3v) is 3.31. The highest BCUT2D eigenvalue weighted by atomic mass is 16.5. The minimum Gasteiger partial charge on any atom is -0.377 e. The van der Waals surface area contributed by atoms with E-state index in [2.05, 4.69) is 50.2 Å². The molecule has 0 aromatic heterocycles. The highest BCUT2D eigenvalue weighted by Gasteiger charge is 2.05. The Bertz CT molecular complexity index is 485. The lowest BCUT2D eigenvalue weighted by molar-refractivity contribution is 0.121. The Labute approximate surface area is 121 Å². The molecular weight excluding hydrogens is 248 g/mol. The normalized spacial score (nSPS) is 11.1. The predicted octanol–water partition coefficient (Wildman–Crippen LogP) is 4.69. The van der Waals surface area contributed by atoms with E-state index < -0.39 is 0 Å². The van der Waals surface area contributed by atoms with Gasteiger partial charge in [0.05, 0.1) is 13.2 Å². The average Bonchev–Trinajstić information content (AvgIpc) is 2.48. The number of fused-ring (bicyclic) bond motifs is 1. The number of hydrogen-bond acceptors (Lipinski definition) is 2. The molecule has 0 atom stereocenters. The van der Waals surface area contributed by atoms with Crippen molar-refractivity contribution in [1.29, 1.82) is 0 Å². The second kappa shape index (κ2) is 8.03. The van der Waals surface area contributed by atoms with Crippen molar-refractivity contribution in [2.24, 2.45) is 0 Å². The number of benzene rings is 2. The summed E-state index contributed by atoms with van der Waals surface area (Å²) < 4.78 is 11.4. The third kappa shape index (κ3) is 3.81. The van der Waals surface area contributed by atoms with E-state index in [1.54, 1.807) is 0 Å². The lowest BCUT2D eigenvalue weighted by Gasteiger charge is -2.11. The van der Waals surface area contributed by atoms with Crippen molar-refractivity contribution in [2.45, 2.75) is 39.9 Å². The first-order valence-electron chi connectivity index (χ1n) is 7.51. The van der Waals surface area contributed by atoms with E-state index >= 15 is 0 Å². The molecule has 0 unspecified atom stereocenters. The SMILES string of the molecule is CCCOCc1cccc2c(COCCC)cccc12. The molecule has 2 aromatic rings. The topological polar surface area (TPSA) is 18.5 Å². The van der Waals surface area contributed by atoms with Gasteiger partial charge in [-0.15, -0.1) is 0 Å². The van der Waals surface area contributed by atoms with Crippen LogP contribution < -0.4 is 0 Å². The van der Waals surface area contributed by atoms with E-state index in [9.17, 15) is 0 Å². The lowest BCUT2D eigenvalue weighted by Crippen LogP contribution is -1.98. The fourth-order valence-electron chi connectivity index (χ4n) is 2.34. The van der Waals surface area contributed by atoms with Crippen molar-refractivity contribution in [3.63, 3.8) is 0 Å². The molecular formula is C18H24O2. The standard InChI is InChI=1S/C18H24O2/c1-3-11-19-13-15-7-5-10-18-16(14-20-12-4-2)8-6-9-17(15)18/h5-10H,3-4,11-14H2,1-2H3. The van der Waals surface area contributed by atoms with Crippen LogP contribution in [0.1, 0.15) is 37.8 Å². The molecule has 0 heterocycles. The summed E-state index contributed by atoms with van der Waals surface area (Å²) in [6.07, 6.45) is 2.11. The van der Waals surface area contributed by atoms with Crippen LogP contribution in [0.25, 0.3) is 10.8 Å². The predicted molar refractivity (Wildman–Crippen MR) is 83.8 cm³/mol. The molecule has 0 saturated heterocycles. The molecule has 0 spiro atoms. The number of ether oxygens (including phenoxy) is 2. The molecule has 0 amide bonds. The fourth-order valence-corrected chi connectivity index (χ4v) is 2.34. The van der Waals surface area contributed by atoms with Gasteiger partial charge in [-0.1, -0.05) is 50.2 Å². The summed E-state index contributed by atoms with van der Waals surface area (Å²) in [6, 6.07) is 12.8. The van der Waals surface area contributed by atoms with E-state index in [0.29, 0.717) is 13.2 Å². The Hall–Kier alpha value is -1.38. The highest BCUT2D eigenvalue weighted by Crippen LogP contribution is 2.23. The van der Waals surface area contributed by atoms with Gasteiger partial charge in [0.1, 0.15) is 0 Å². The van der Waals surface area contributed by atoms with Gasteiger partial charge in [-0.2, -0.15) is 0 Å². The van der Waals surface area contributed by atoms with Crippen molar-refractivity contribution < 1.29 is 9.47 Å². The molecule has 0 bridgehead atoms. The molecule has 2 rings (SSSR count). The van der Waals surface area contributed by atoms with Gasteiger partial charge in [0.2, 0.25) is 0 Å². The Morgan fingerprint density at radius 2 is 1.15 bits per heavy atom. The van der Waals surface area contributed by atoms with Crippen LogP contribution in [-0.2, 0) is 22.7 Å². The van der Waals surface area contributed by atoms with Crippen LogP contribution >= 0.6 is 0 Å². The Morgan fingerprint density at radius 1 is 0.700 bits per heavy atom. The molecule has 108 valence electrons. The Balaban J connectivity index is 2.21. The summed E-state index contributed by atoms with van der Waals surface area (Å²) >= 11 is 0. The van der Waals surface area contributed by atoms with E-state index in [-0.39, 0.29) is 0 Å². The summed E-state index contributed by atoms with van der Waals surface area (Å²) in [5, 5.41) is 2.56. The summed E-state index contributed by atoms with van der Waals surface area (Å²) in [4.78, 5) is 0. The largest absolute Gasteiger partial charge is 0.377 e. The molecule has 20 heavy (non-hydrogen) atoms. The first kappa shape index (κ1) is 15.0. The van der Waals surface area contributed by atoms with E-state index in [1.165, 1.54) is 21.9 Å². The molecule has 0 fully saturated rings. The third-order valence-electron chi connectivity index (χ3n) is 3.31. The highest BCUT2D eigenvalue weighted by molar-refractivity contribution is 5.88. The molecule has 2 heteroatoms. The van der Waals surface area contributed by atoms with Crippen molar-refractivity contribution in [3.05, 3.63) is 47.5 Å². The van der Waals surface area contributed by atoms with Gasteiger partial charge in [0.25, 0.3) is 0 Å². The molecule has 0 aliphatic heterocycles. The van der Waals surface area contributed by atoms with Gasteiger partial charge in [-0.3, -0.25) is 0 Å². The molecule has 0 aliphatic carbocycles. The average molecular weight is 272 g/mol. The Morgan fingerprint density at radius 3 is 1.55 bits per heavy atom. The van der Waals surface area contributed by atoms with E-state index in [1.807, 2.05) is 0 Å². The molecule has 2 aromatic carbocycles. The smallest absolute Gasteiger partial charge is 0.0722 e. The quantitative estimate of drug-likeness (QED) is 0.649. The second-order valence-electron chi connectivity index (χ2n) is 5.03. The van der Waals surface area contributed by atoms with E-state index in [0.717, 1.165) is 26.1 Å². The maximum absolute atomic E-state index is 5.68. The maximum atomic E-state index is 5.68. The van der Waals surface area contributed by atoms with Crippen LogP contribution in [0.4, 0.5) is 0 Å². The zero-order valence-corrected chi connectivity index (χ0v) is 12.5. The zero-order valence-electron chi connectivity index (χ0n) is 12.5. The van der Waals surface area contributed by atoms with Crippen LogP contribution in [0.5, 0.6) is 0 Å². The van der Waals surface area contributed by atoms with Gasteiger partial charge < -0.3 is 9.47 Å². The van der Waals surface area contributed by atoms with Crippen molar-refractivity contribution >= 4 is 10.8 Å². The van der Waals surface area contributed by atoms with Crippen molar-refractivity contribution in [2.75, 3.05) is 13.2 Å². The van der Waals surface area contributed by atoms with E-state index in [4.69, 9.17) is 9.47 Å². The van der Waals surface area contributed by atoms with Crippen LogP contribution in [0.2, 0.25) is 0 Å². The van der Waals surface area contributed by atoms with Gasteiger partial charge in [-0.25, -0.2) is 0 Å². The lowest BCUT2D eigenvalue weighted by atomic mass is 10.0. The molecule has 0 radical (unpaired) electrons. The van der Waals surface area contributed by atoms with Gasteiger partial charge in [-0.05, 0) is 34.7 Å². The van der Waals surface area contributed by atoms with Gasteiger partial charge in [0, 0.05) is 13.2 Å². The summed E-state index contributed by atoms with van der Waals surface area (Å²) in [5.74, 6) is 0. The second-order valence-corrected chi connectivity index (χ2v) is 5.03. The maximum Gasteiger partial charge on any atom is 0.0722 e. The minimum atomic E-state index is 0.685. The Kier molecular flexibility index (Phi) is 6.03. The van der Waals surface area contributed by atoms with Crippen molar-refractivity contribution in [1.82, 2.24) is 0 Å². The van der Waals surface area contributed by atoms with Gasteiger partial charge in [0.15, 0.2) is 0 Å². The summed E-state index contributed by atoms with van der Waals surface area (Å²) in [7, 11) is 0. The molecule has 2 nitrogen and oxygen atoms in total. The number of rotatable bonds is 8. The molecule has 0 saturated carbocycles. The van der Waals surface area contributed by atoms with Gasteiger partial charge >= 0.3 is 0 Å². The van der Waals surface area contributed by atoms with Crippen molar-refractivity contribution in [3.8, 4) is 0 Å². The first-order chi connectivity index (χ1) is 9.86. The van der Waals surface area contributed by atoms with Crippen LogP contribution in [0, 0.1) is 0 Å². The summed E-state index contributed by atoms with van der Waals surface area (Å²) in [6.45, 7) is 7.26. The monoisotopic (exact) mass is 272 g/mol. The molecule has 0 aliphatic rings. The van der Waals surface area contributed by atoms with Crippen LogP contribution in [0.3, 0.4) is 0 Å². The van der Waals surface area contributed by atoms with Crippen LogP contribution in [0.15, 0.2) is 36.4 Å². The van der Waals surface area contributed by atoms with Crippen LogP contribution in [-0.4, -0.2) is 13.2 Å². The zero-order chi connectivity index (χ0) is 14.2. The summed E-state index contributed by atoms with van der Waals surface area (Å²) in [5.41, 5.74) is 2.52.